The second-order valence-electron chi connectivity index (χ2n) is 10.2. The Kier molecular flexibility index (Phi) is 6.67. The number of anilines is 2. The minimum absolute atomic E-state index is 0.0409. The van der Waals surface area contributed by atoms with Gasteiger partial charge in [0.25, 0.3) is 5.91 Å². The summed E-state index contributed by atoms with van der Waals surface area (Å²) >= 11 is 0. The van der Waals surface area contributed by atoms with Gasteiger partial charge in [-0.25, -0.2) is 19.3 Å². The Bertz CT molecular complexity index is 1580. The van der Waals surface area contributed by atoms with Crippen LogP contribution in [0.1, 0.15) is 31.9 Å². The lowest BCUT2D eigenvalue weighted by Crippen LogP contribution is -2.47. The number of amides is 1. The molecule has 1 saturated heterocycles. The second kappa shape index (κ2) is 10.3. The molecule has 0 spiro atoms. The quantitative estimate of drug-likeness (QED) is 0.272. The number of imidazole rings is 1. The lowest BCUT2D eigenvalue weighted by molar-refractivity contribution is -0.240. The highest BCUT2D eigenvalue weighted by Crippen LogP contribution is 2.42. The number of nitrogens with one attached hydrogen (secondary N) is 2. The van der Waals surface area contributed by atoms with Crippen molar-refractivity contribution in [1.29, 1.82) is 0 Å². The topological polar surface area (TPSA) is 167 Å². The van der Waals surface area contributed by atoms with Crippen molar-refractivity contribution in [2.24, 2.45) is 11.1 Å². The normalized spacial score (nSPS) is 21.2. The number of benzene rings is 1. The summed E-state index contributed by atoms with van der Waals surface area (Å²) in [6.45, 7) is 1.56. The summed E-state index contributed by atoms with van der Waals surface area (Å²) < 4.78 is 31.0. The monoisotopic (exact) mass is 559 g/mol. The van der Waals surface area contributed by atoms with Gasteiger partial charge in [-0.15, -0.1) is 0 Å². The van der Waals surface area contributed by atoms with Gasteiger partial charge in [0.2, 0.25) is 12.2 Å². The number of ether oxygens (including phenoxy) is 3. The molecule has 2 aliphatic rings. The number of hydrogen-bond acceptors (Lipinski definition) is 10. The lowest BCUT2D eigenvalue weighted by atomic mass is 9.92. The van der Waals surface area contributed by atoms with E-state index in [4.69, 9.17) is 24.9 Å². The molecule has 3 aromatic heterocycles. The van der Waals surface area contributed by atoms with Crippen molar-refractivity contribution in [2.45, 2.75) is 31.7 Å². The first kappa shape index (κ1) is 26.5. The molecule has 1 aliphatic heterocycles. The van der Waals surface area contributed by atoms with Gasteiger partial charge in [-0.3, -0.25) is 14.6 Å². The molecule has 1 aliphatic carbocycles. The van der Waals surface area contributed by atoms with E-state index in [9.17, 15) is 14.0 Å². The highest BCUT2D eigenvalue weighted by Gasteiger charge is 2.55. The van der Waals surface area contributed by atoms with E-state index in [0.29, 0.717) is 47.3 Å². The fourth-order valence-electron chi connectivity index (χ4n) is 4.33. The van der Waals surface area contributed by atoms with Gasteiger partial charge in [0, 0.05) is 42.7 Å². The van der Waals surface area contributed by atoms with Crippen LogP contribution in [0.5, 0.6) is 0 Å². The Balaban J connectivity index is 1.26. The van der Waals surface area contributed by atoms with E-state index in [1.165, 1.54) is 12.1 Å². The first-order valence-corrected chi connectivity index (χ1v) is 12.9. The third kappa shape index (κ3) is 5.36. The number of nitrogens with two attached hydrogens (primary N) is 1. The highest BCUT2D eigenvalue weighted by molar-refractivity contribution is 5.90. The maximum Gasteiger partial charge on any atom is 0.317 e. The predicted octanol–water partition coefficient (Wildman–Crippen LogP) is 3.42. The average Bonchev–Trinajstić information content (AvgIpc) is 3.63. The number of rotatable bonds is 8. The van der Waals surface area contributed by atoms with Crippen molar-refractivity contribution in [3.8, 4) is 22.6 Å². The standard InChI is InChI=1S/C28H26FN7O5/c1-27(25(38)41-28(9-10-28)24(30)37)14-39-23(40-15-27)22-35-20(16-2-4-17(29)5-3-16)21(36-22)19-8-13-32-26(34-19)33-18-6-11-31-12-7-18/h2-8,11-13,23H,9-10,14-15H2,1H3,(H2,30,37)(H,35,36)(H,31,32,33,34). The highest BCUT2D eigenvalue weighted by atomic mass is 19.1. The van der Waals surface area contributed by atoms with E-state index >= 15 is 0 Å². The van der Waals surface area contributed by atoms with Crippen LogP contribution in [-0.4, -0.2) is 55.6 Å². The van der Waals surface area contributed by atoms with Crippen LogP contribution in [-0.2, 0) is 23.8 Å². The summed E-state index contributed by atoms with van der Waals surface area (Å²) in [4.78, 5) is 45.4. The van der Waals surface area contributed by atoms with Gasteiger partial charge in [0.05, 0.1) is 30.3 Å². The molecule has 1 saturated carbocycles. The van der Waals surface area contributed by atoms with Crippen molar-refractivity contribution in [3.05, 3.63) is 72.7 Å². The average molecular weight is 560 g/mol. The molecular formula is C28H26FN7O5. The summed E-state index contributed by atoms with van der Waals surface area (Å²) in [7, 11) is 0. The van der Waals surface area contributed by atoms with Gasteiger partial charge >= 0.3 is 5.97 Å². The van der Waals surface area contributed by atoms with Gasteiger partial charge < -0.3 is 30.2 Å². The molecule has 4 N–H and O–H groups in total. The Morgan fingerprint density at radius 1 is 1.05 bits per heavy atom. The van der Waals surface area contributed by atoms with Crippen LogP contribution in [0.25, 0.3) is 22.6 Å². The minimum Gasteiger partial charge on any atom is -0.448 e. The maximum atomic E-state index is 13.7. The Morgan fingerprint density at radius 3 is 2.41 bits per heavy atom. The smallest absolute Gasteiger partial charge is 0.317 e. The zero-order valence-corrected chi connectivity index (χ0v) is 22.0. The van der Waals surface area contributed by atoms with Crippen LogP contribution in [0.15, 0.2) is 61.1 Å². The fourth-order valence-corrected chi connectivity index (χ4v) is 4.33. The Labute approximate surface area is 233 Å². The van der Waals surface area contributed by atoms with Crippen molar-refractivity contribution < 1.29 is 28.2 Å². The van der Waals surface area contributed by atoms with E-state index in [0.717, 1.165) is 5.69 Å². The molecule has 41 heavy (non-hydrogen) atoms. The molecule has 6 rings (SSSR count). The van der Waals surface area contributed by atoms with Gasteiger partial charge in [0.1, 0.15) is 11.2 Å². The maximum absolute atomic E-state index is 13.7. The summed E-state index contributed by atoms with van der Waals surface area (Å²) in [5.41, 5.74) is 5.95. The van der Waals surface area contributed by atoms with Crippen LogP contribution in [0.3, 0.4) is 0 Å². The van der Waals surface area contributed by atoms with Crippen molar-refractivity contribution in [3.63, 3.8) is 0 Å². The number of esters is 1. The number of aromatic nitrogens is 5. The molecule has 4 aromatic rings. The SMILES string of the molecule is CC1(C(=O)OC2(C(N)=O)CC2)COC(c2nc(-c3ccc(F)cc3)c(-c3ccnc(Nc4ccncc4)n3)[nH]2)OC1. The van der Waals surface area contributed by atoms with Crippen molar-refractivity contribution in [1.82, 2.24) is 24.9 Å². The zero-order valence-electron chi connectivity index (χ0n) is 22.0. The van der Waals surface area contributed by atoms with Crippen LogP contribution in [0.4, 0.5) is 16.0 Å². The van der Waals surface area contributed by atoms with Crippen molar-refractivity contribution in [2.75, 3.05) is 18.5 Å². The summed E-state index contributed by atoms with van der Waals surface area (Å²) in [6, 6.07) is 11.2. The van der Waals surface area contributed by atoms with E-state index < -0.39 is 29.2 Å². The number of pyridine rings is 1. The second-order valence-corrected chi connectivity index (χ2v) is 10.2. The number of H-pyrrole nitrogens is 1. The molecule has 0 radical (unpaired) electrons. The molecule has 12 nitrogen and oxygen atoms in total. The Morgan fingerprint density at radius 2 is 1.76 bits per heavy atom. The van der Waals surface area contributed by atoms with Gasteiger partial charge in [0.15, 0.2) is 11.4 Å². The number of hydrogen-bond donors (Lipinski definition) is 3. The number of carbonyl (C=O) groups excluding carboxylic acids is 2. The van der Waals surface area contributed by atoms with Gasteiger partial charge in [-0.05, 0) is 49.4 Å². The molecule has 1 aromatic carbocycles. The molecule has 13 heteroatoms. The van der Waals surface area contributed by atoms with Crippen LogP contribution in [0.2, 0.25) is 0 Å². The molecule has 2 fully saturated rings. The van der Waals surface area contributed by atoms with Gasteiger partial charge in [-0.1, -0.05) is 0 Å². The number of aromatic amines is 1. The summed E-state index contributed by atoms with van der Waals surface area (Å²) in [5, 5.41) is 3.13. The van der Waals surface area contributed by atoms with Crippen LogP contribution in [0, 0.1) is 11.2 Å². The molecule has 0 bridgehead atoms. The Hall–Kier alpha value is -4.75. The zero-order chi connectivity index (χ0) is 28.6. The number of halogens is 1. The van der Waals surface area contributed by atoms with E-state index in [-0.39, 0.29) is 19.0 Å². The van der Waals surface area contributed by atoms with Crippen LogP contribution < -0.4 is 11.1 Å². The minimum atomic E-state index is -1.24. The first-order valence-electron chi connectivity index (χ1n) is 12.9. The fraction of sp³-hybridized carbons (Fsp3) is 0.286. The van der Waals surface area contributed by atoms with E-state index in [1.54, 1.807) is 55.8 Å². The lowest BCUT2D eigenvalue weighted by Gasteiger charge is -2.35. The summed E-state index contributed by atoms with van der Waals surface area (Å²) in [6.07, 6.45) is 4.76. The number of primary amides is 1. The predicted molar refractivity (Wildman–Crippen MR) is 143 cm³/mol. The number of nitrogens with zero attached hydrogens (tertiary/aromatic N) is 4. The third-order valence-corrected chi connectivity index (χ3v) is 6.95. The molecule has 210 valence electrons. The number of carbonyl (C=O) groups is 2. The summed E-state index contributed by atoms with van der Waals surface area (Å²) in [5.74, 6) is -0.988. The first-order chi connectivity index (χ1) is 19.7. The third-order valence-electron chi connectivity index (χ3n) is 6.95. The van der Waals surface area contributed by atoms with Gasteiger partial charge in [-0.2, -0.15) is 0 Å². The molecular weight excluding hydrogens is 533 g/mol. The molecule has 0 unspecified atom stereocenters. The molecule has 0 atom stereocenters. The molecule has 1 amide bonds. The largest absolute Gasteiger partial charge is 0.448 e. The van der Waals surface area contributed by atoms with E-state index in [1.807, 2.05) is 0 Å². The van der Waals surface area contributed by atoms with Crippen molar-refractivity contribution >= 4 is 23.5 Å². The molecule has 4 heterocycles. The van der Waals surface area contributed by atoms with E-state index in [2.05, 4.69) is 25.3 Å². The van der Waals surface area contributed by atoms with Crippen LogP contribution >= 0.6 is 0 Å².